The Balaban J connectivity index is 2.15. The molecule has 0 spiro atoms. The first kappa shape index (κ1) is 16.1. The van der Waals surface area contributed by atoms with E-state index >= 15 is 0 Å². The Labute approximate surface area is 128 Å². The number of anilines is 1. The molecule has 0 N–H and O–H groups in total. The van der Waals surface area contributed by atoms with Crippen LogP contribution in [0.3, 0.4) is 0 Å². The summed E-state index contributed by atoms with van der Waals surface area (Å²) in [4.78, 5) is 12.1. The highest BCUT2D eigenvalue weighted by Gasteiger charge is 2.41. The lowest BCUT2D eigenvalue weighted by Crippen LogP contribution is -2.39. The highest BCUT2D eigenvalue weighted by molar-refractivity contribution is 9.08. The molecular weight excluding hydrogens is 353 g/mol. The Morgan fingerprint density at radius 3 is 2.43 bits per heavy atom. The molecule has 0 amide bonds. The van der Waals surface area contributed by atoms with Crippen molar-refractivity contribution in [2.24, 2.45) is 5.92 Å². The number of nitro benzene ring substituents is 1. The van der Waals surface area contributed by atoms with Gasteiger partial charge < -0.3 is 4.90 Å². The third-order valence-corrected chi connectivity index (χ3v) is 4.32. The molecule has 8 heteroatoms. The van der Waals surface area contributed by atoms with Crippen LogP contribution in [0.15, 0.2) is 18.2 Å². The summed E-state index contributed by atoms with van der Waals surface area (Å²) < 4.78 is 38.0. The maximum absolute atomic E-state index is 12.7. The van der Waals surface area contributed by atoms with Crippen LogP contribution < -0.4 is 4.90 Å². The summed E-state index contributed by atoms with van der Waals surface area (Å²) in [5.74, 6) is -1.25. The van der Waals surface area contributed by atoms with Crippen molar-refractivity contribution in [3.63, 3.8) is 0 Å². The molecule has 1 heterocycles. The second kappa shape index (κ2) is 6.21. The van der Waals surface area contributed by atoms with Gasteiger partial charge in [0.15, 0.2) is 0 Å². The van der Waals surface area contributed by atoms with Gasteiger partial charge in [0, 0.05) is 36.2 Å². The zero-order valence-electron chi connectivity index (χ0n) is 11.1. The Morgan fingerprint density at radius 1 is 1.33 bits per heavy atom. The molecule has 1 saturated heterocycles. The van der Waals surface area contributed by atoms with E-state index < -0.39 is 17.0 Å². The van der Waals surface area contributed by atoms with Gasteiger partial charge >= 0.3 is 6.18 Å². The lowest BCUT2D eigenvalue weighted by atomic mass is 9.95. The molecule has 2 rings (SSSR count). The number of halogens is 4. The van der Waals surface area contributed by atoms with Gasteiger partial charge in [-0.3, -0.25) is 10.1 Å². The van der Waals surface area contributed by atoms with Crippen LogP contribution in [0.5, 0.6) is 0 Å². The van der Waals surface area contributed by atoms with Crippen LogP contribution in [-0.4, -0.2) is 24.2 Å². The first-order valence-electron chi connectivity index (χ1n) is 6.48. The fraction of sp³-hybridized carbons (Fsp3) is 0.538. The van der Waals surface area contributed by atoms with Crippen LogP contribution in [0.1, 0.15) is 18.4 Å². The Hall–Kier alpha value is -1.31. The highest BCUT2D eigenvalue weighted by Crippen LogP contribution is 2.37. The highest BCUT2D eigenvalue weighted by atomic mass is 79.9. The average molecular weight is 367 g/mol. The van der Waals surface area contributed by atoms with Crippen molar-refractivity contribution in [2.75, 3.05) is 18.0 Å². The van der Waals surface area contributed by atoms with Gasteiger partial charge in [-0.15, -0.1) is 0 Å². The zero-order chi connectivity index (χ0) is 15.6. The summed E-state index contributed by atoms with van der Waals surface area (Å²) in [5.41, 5.74) is 1.46. The number of alkyl halides is 4. The van der Waals surface area contributed by atoms with Gasteiger partial charge in [0.05, 0.1) is 10.8 Å². The fourth-order valence-corrected chi connectivity index (χ4v) is 3.00. The molecule has 0 atom stereocenters. The molecule has 0 saturated carbocycles. The van der Waals surface area contributed by atoms with E-state index in [1.165, 1.54) is 12.1 Å². The first-order valence-corrected chi connectivity index (χ1v) is 7.60. The van der Waals surface area contributed by atoms with Crippen LogP contribution in [0.2, 0.25) is 0 Å². The monoisotopic (exact) mass is 366 g/mol. The molecule has 21 heavy (non-hydrogen) atoms. The molecule has 0 aliphatic carbocycles. The minimum Gasteiger partial charge on any atom is -0.371 e. The third-order valence-electron chi connectivity index (χ3n) is 3.72. The standard InChI is InChI=1S/C13H14BrF3N2O2/c14-8-9-7-11(19(20)21)1-2-12(9)18-5-3-10(4-6-18)13(15,16)17/h1-2,7,10H,3-6,8H2. The van der Waals surface area contributed by atoms with Crippen LogP contribution in [0.25, 0.3) is 0 Å². The van der Waals surface area contributed by atoms with Gasteiger partial charge in [-0.25, -0.2) is 0 Å². The van der Waals surface area contributed by atoms with Gasteiger partial charge in [-0.2, -0.15) is 13.2 Å². The van der Waals surface area contributed by atoms with Crippen LogP contribution >= 0.6 is 15.9 Å². The van der Waals surface area contributed by atoms with Crippen molar-refractivity contribution in [3.8, 4) is 0 Å². The minimum atomic E-state index is -4.14. The van der Waals surface area contributed by atoms with E-state index in [1.54, 1.807) is 6.07 Å². The van der Waals surface area contributed by atoms with Gasteiger partial charge in [0.2, 0.25) is 0 Å². The van der Waals surface area contributed by atoms with E-state index in [-0.39, 0.29) is 18.5 Å². The minimum absolute atomic E-state index is 0.0154. The number of benzene rings is 1. The van der Waals surface area contributed by atoms with E-state index in [2.05, 4.69) is 15.9 Å². The van der Waals surface area contributed by atoms with E-state index in [9.17, 15) is 23.3 Å². The lowest BCUT2D eigenvalue weighted by molar-refractivity contribution is -0.384. The molecule has 116 valence electrons. The van der Waals surface area contributed by atoms with E-state index in [4.69, 9.17) is 0 Å². The number of nitrogens with zero attached hydrogens (tertiary/aromatic N) is 2. The Morgan fingerprint density at radius 2 is 1.95 bits per heavy atom. The van der Waals surface area contributed by atoms with E-state index in [0.717, 1.165) is 11.3 Å². The fourth-order valence-electron chi connectivity index (χ4n) is 2.55. The normalized spacial score (nSPS) is 17.0. The van der Waals surface area contributed by atoms with Gasteiger partial charge in [0.1, 0.15) is 0 Å². The second-order valence-corrected chi connectivity index (χ2v) is 5.57. The topological polar surface area (TPSA) is 46.4 Å². The first-order chi connectivity index (χ1) is 9.82. The van der Waals surface area contributed by atoms with Crippen LogP contribution in [-0.2, 0) is 5.33 Å². The van der Waals surface area contributed by atoms with Crippen molar-refractivity contribution in [2.45, 2.75) is 24.3 Å². The molecule has 0 unspecified atom stereocenters. The number of piperidine rings is 1. The van der Waals surface area contributed by atoms with E-state index in [1.807, 2.05) is 4.90 Å². The molecule has 0 aromatic heterocycles. The van der Waals surface area contributed by atoms with Crippen LogP contribution in [0.4, 0.5) is 24.5 Å². The molecule has 1 aliphatic heterocycles. The van der Waals surface area contributed by atoms with Crippen molar-refractivity contribution in [3.05, 3.63) is 33.9 Å². The van der Waals surface area contributed by atoms with Gasteiger partial charge in [-0.1, -0.05) is 15.9 Å². The van der Waals surface area contributed by atoms with Crippen LogP contribution in [0, 0.1) is 16.0 Å². The lowest BCUT2D eigenvalue weighted by Gasteiger charge is -2.35. The maximum Gasteiger partial charge on any atom is 0.391 e. The summed E-state index contributed by atoms with van der Waals surface area (Å²) in [6.07, 6.45) is -4.02. The third kappa shape index (κ3) is 3.66. The summed E-state index contributed by atoms with van der Waals surface area (Å²) in [6.45, 7) is 0.615. The average Bonchev–Trinajstić information content (AvgIpc) is 2.45. The summed E-state index contributed by atoms with van der Waals surface area (Å²) in [6, 6.07) is 4.46. The quantitative estimate of drug-likeness (QED) is 0.456. The number of non-ortho nitro benzene ring substituents is 1. The molecule has 4 nitrogen and oxygen atoms in total. The van der Waals surface area contributed by atoms with Crippen molar-refractivity contribution < 1.29 is 18.1 Å². The molecular formula is C13H14BrF3N2O2. The largest absolute Gasteiger partial charge is 0.391 e. The molecule has 1 aromatic rings. The van der Waals surface area contributed by atoms with Crippen molar-refractivity contribution in [1.82, 2.24) is 0 Å². The smallest absolute Gasteiger partial charge is 0.371 e. The molecule has 1 aliphatic rings. The number of hydrogen-bond donors (Lipinski definition) is 0. The van der Waals surface area contributed by atoms with Gasteiger partial charge in [0.25, 0.3) is 5.69 Å². The predicted molar refractivity (Wildman–Crippen MR) is 76.7 cm³/mol. The molecule has 0 radical (unpaired) electrons. The Bertz CT molecular complexity index is 529. The molecule has 0 bridgehead atoms. The SMILES string of the molecule is O=[N+]([O-])c1ccc(N2CCC(C(F)(F)F)CC2)c(CBr)c1. The maximum atomic E-state index is 12.7. The molecule has 1 fully saturated rings. The zero-order valence-corrected chi connectivity index (χ0v) is 12.7. The summed E-state index contributed by atoms with van der Waals surface area (Å²) >= 11 is 3.27. The summed E-state index contributed by atoms with van der Waals surface area (Å²) in [5, 5.41) is 11.2. The summed E-state index contributed by atoms with van der Waals surface area (Å²) in [7, 11) is 0. The number of rotatable bonds is 3. The number of hydrogen-bond acceptors (Lipinski definition) is 3. The van der Waals surface area contributed by atoms with Crippen molar-refractivity contribution in [1.29, 1.82) is 0 Å². The van der Waals surface area contributed by atoms with Crippen molar-refractivity contribution >= 4 is 27.3 Å². The van der Waals surface area contributed by atoms with Gasteiger partial charge in [-0.05, 0) is 24.5 Å². The Kier molecular flexibility index (Phi) is 4.75. The molecule has 1 aromatic carbocycles. The number of nitro groups is 1. The second-order valence-electron chi connectivity index (χ2n) is 5.01. The van der Waals surface area contributed by atoms with E-state index in [0.29, 0.717) is 18.4 Å². The predicted octanol–water partition coefficient (Wildman–Crippen LogP) is 4.27.